The van der Waals surface area contributed by atoms with E-state index in [4.69, 9.17) is 14.2 Å². The van der Waals surface area contributed by atoms with Gasteiger partial charge in [0, 0.05) is 23.4 Å². The Balaban J connectivity index is 1.10. The summed E-state index contributed by atoms with van der Waals surface area (Å²) in [4.78, 5) is 17.0. The SMILES string of the molecule is CCCCCCCCCCCCOC(=O)Oc1cccc2c1OC1=CC=CC3=CN=C4CC4C312. The minimum atomic E-state index is -0.666. The zero-order valence-corrected chi connectivity index (χ0v) is 20.2. The average Bonchev–Trinajstić information content (AvgIpc) is 3.57. The Morgan fingerprint density at radius 1 is 1.09 bits per heavy atom. The van der Waals surface area contributed by atoms with E-state index in [0.717, 1.165) is 36.2 Å². The van der Waals surface area contributed by atoms with Gasteiger partial charge in [-0.2, -0.15) is 0 Å². The number of carbonyl (C=O) groups excluding carboxylic acids is 1. The largest absolute Gasteiger partial charge is 0.513 e. The average molecular weight is 462 g/mol. The second-order valence-corrected chi connectivity index (χ2v) is 9.78. The van der Waals surface area contributed by atoms with Crippen LogP contribution in [0.1, 0.15) is 83.1 Å². The van der Waals surface area contributed by atoms with Gasteiger partial charge in [0.15, 0.2) is 11.5 Å². The van der Waals surface area contributed by atoms with E-state index >= 15 is 0 Å². The predicted octanol–water partition coefficient (Wildman–Crippen LogP) is 7.57. The van der Waals surface area contributed by atoms with E-state index in [1.807, 2.05) is 24.4 Å². The maximum absolute atomic E-state index is 12.4. The van der Waals surface area contributed by atoms with Gasteiger partial charge < -0.3 is 14.2 Å². The van der Waals surface area contributed by atoms with Gasteiger partial charge in [0.05, 0.1) is 12.0 Å². The minimum absolute atomic E-state index is 0.323. The first-order valence-electron chi connectivity index (χ1n) is 13.1. The molecule has 2 heterocycles. The lowest BCUT2D eigenvalue weighted by Gasteiger charge is -2.33. The third kappa shape index (κ3) is 4.33. The van der Waals surface area contributed by atoms with E-state index in [1.165, 1.54) is 57.1 Å². The van der Waals surface area contributed by atoms with Crippen molar-refractivity contribution in [1.29, 1.82) is 0 Å². The van der Waals surface area contributed by atoms with Gasteiger partial charge in [-0.15, -0.1) is 0 Å². The van der Waals surface area contributed by atoms with Gasteiger partial charge in [-0.25, -0.2) is 4.79 Å². The number of aliphatic imine (C=N–C) groups is 1. The number of hydrogen-bond donors (Lipinski definition) is 0. The highest BCUT2D eigenvalue weighted by Gasteiger charge is 2.62. The molecule has 5 rings (SSSR count). The number of nitrogens with zero attached hydrogens (tertiary/aromatic N) is 1. The first kappa shape index (κ1) is 22.9. The Morgan fingerprint density at radius 3 is 2.65 bits per heavy atom. The Morgan fingerprint density at radius 2 is 1.85 bits per heavy atom. The number of rotatable bonds is 12. The molecule has 0 radical (unpaired) electrons. The van der Waals surface area contributed by atoms with Crippen LogP contribution in [0.25, 0.3) is 0 Å². The van der Waals surface area contributed by atoms with E-state index < -0.39 is 6.16 Å². The van der Waals surface area contributed by atoms with Crippen molar-refractivity contribution in [2.75, 3.05) is 6.61 Å². The van der Waals surface area contributed by atoms with Crippen molar-refractivity contribution >= 4 is 11.9 Å². The molecule has 1 aromatic rings. The summed E-state index contributed by atoms with van der Waals surface area (Å²) >= 11 is 0. The molecule has 2 atom stereocenters. The summed E-state index contributed by atoms with van der Waals surface area (Å²) in [6, 6.07) is 5.78. The first-order chi connectivity index (χ1) is 16.7. The maximum Gasteiger partial charge on any atom is 0.513 e. The molecular formula is C29H35NO4. The number of para-hydroxylation sites is 1. The summed E-state index contributed by atoms with van der Waals surface area (Å²) < 4.78 is 17.2. The molecule has 0 bridgehead atoms. The monoisotopic (exact) mass is 461 g/mol. The van der Waals surface area contributed by atoms with Crippen molar-refractivity contribution < 1.29 is 19.0 Å². The lowest BCUT2D eigenvalue weighted by Crippen LogP contribution is -2.34. The van der Waals surface area contributed by atoms with E-state index in [9.17, 15) is 4.79 Å². The van der Waals surface area contributed by atoms with Gasteiger partial charge in [0.2, 0.25) is 0 Å². The molecular weight excluding hydrogens is 426 g/mol. The number of allylic oxidation sites excluding steroid dienone is 4. The Labute approximate surface area is 202 Å². The zero-order valence-electron chi connectivity index (χ0n) is 20.2. The third-order valence-corrected chi connectivity index (χ3v) is 7.44. The van der Waals surface area contributed by atoms with Crippen molar-refractivity contribution in [1.82, 2.24) is 0 Å². The molecule has 0 amide bonds. The van der Waals surface area contributed by atoms with Crippen LogP contribution in [0.3, 0.4) is 0 Å². The van der Waals surface area contributed by atoms with E-state index in [1.54, 1.807) is 6.07 Å². The van der Waals surface area contributed by atoms with Crippen LogP contribution in [-0.2, 0) is 10.2 Å². The van der Waals surface area contributed by atoms with Gasteiger partial charge in [0.1, 0.15) is 5.76 Å². The molecule has 180 valence electrons. The summed E-state index contributed by atoms with van der Waals surface area (Å²) in [5, 5.41) is 0. The summed E-state index contributed by atoms with van der Waals surface area (Å²) in [5.41, 5.74) is 3.06. The molecule has 5 nitrogen and oxygen atoms in total. The van der Waals surface area contributed by atoms with E-state index in [0.29, 0.717) is 24.0 Å². The zero-order chi connectivity index (χ0) is 23.4. The van der Waals surface area contributed by atoms with Crippen molar-refractivity contribution in [3.63, 3.8) is 0 Å². The van der Waals surface area contributed by atoms with Crippen LogP contribution in [0, 0.1) is 5.92 Å². The van der Waals surface area contributed by atoms with Crippen LogP contribution in [0.15, 0.2) is 59.0 Å². The molecule has 1 aromatic carbocycles. The summed E-state index contributed by atoms with van der Waals surface area (Å²) in [5.74, 6) is 2.25. The van der Waals surface area contributed by atoms with Gasteiger partial charge in [-0.05, 0) is 30.6 Å². The Bertz CT molecular complexity index is 1050. The maximum atomic E-state index is 12.4. The van der Waals surface area contributed by atoms with E-state index in [-0.39, 0.29) is 5.41 Å². The molecule has 0 saturated heterocycles. The lowest BCUT2D eigenvalue weighted by molar-refractivity contribution is 0.0963. The topological polar surface area (TPSA) is 57.1 Å². The molecule has 4 aliphatic rings. The van der Waals surface area contributed by atoms with Crippen molar-refractivity contribution in [2.45, 2.75) is 83.0 Å². The second-order valence-electron chi connectivity index (χ2n) is 9.78. The summed E-state index contributed by atoms with van der Waals surface area (Å²) in [6.45, 7) is 2.64. The highest BCUT2D eigenvalue weighted by molar-refractivity contribution is 6.06. The summed E-state index contributed by atoms with van der Waals surface area (Å²) in [6.07, 6.45) is 20.8. The lowest BCUT2D eigenvalue weighted by atomic mass is 9.67. The fourth-order valence-electron chi connectivity index (χ4n) is 5.59. The molecule has 5 heteroatoms. The molecule has 2 aliphatic carbocycles. The van der Waals surface area contributed by atoms with Crippen molar-refractivity contribution in [3.8, 4) is 11.5 Å². The van der Waals surface area contributed by atoms with Crippen LogP contribution in [0.5, 0.6) is 11.5 Å². The van der Waals surface area contributed by atoms with Crippen molar-refractivity contribution in [3.05, 3.63) is 59.5 Å². The highest BCUT2D eigenvalue weighted by Crippen LogP contribution is 2.64. The van der Waals surface area contributed by atoms with Crippen LogP contribution in [0.4, 0.5) is 4.79 Å². The molecule has 0 N–H and O–H groups in total. The third-order valence-electron chi connectivity index (χ3n) is 7.44. The molecule has 34 heavy (non-hydrogen) atoms. The van der Waals surface area contributed by atoms with E-state index in [2.05, 4.69) is 24.1 Å². The number of hydrogen-bond acceptors (Lipinski definition) is 5. The Kier molecular flexibility index (Phi) is 6.89. The summed E-state index contributed by atoms with van der Waals surface area (Å²) in [7, 11) is 0. The molecule has 0 aromatic heterocycles. The van der Waals surface area contributed by atoms with Crippen molar-refractivity contribution in [2.24, 2.45) is 10.9 Å². The minimum Gasteiger partial charge on any atom is -0.456 e. The fraction of sp³-hybridized carbons (Fsp3) is 0.517. The standard InChI is InChI=1S/C29H35NO4/c1-2-3-4-5-6-7-8-9-10-11-18-32-28(31)33-25-16-13-15-22-27(25)34-26-17-12-14-21-20-30-24-19-23(24)29(21,22)26/h12-17,20,23H,2-11,18-19H2,1H3. The quantitative estimate of drug-likeness (QED) is 0.183. The smallest absolute Gasteiger partial charge is 0.456 e. The molecule has 1 saturated carbocycles. The van der Waals surface area contributed by atoms with Crippen LogP contribution in [-0.4, -0.2) is 18.5 Å². The Hall–Kier alpha value is -2.82. The van der Waals surface area contributed by atoms with Gasteiger partial charge in [-0.3, -0.25) is 4.99 Å². The van der Waals surface area contributed by atoms with Crippen LogP contribution >= 0.6 is 0 Å². The van der Waals surface area contributed by atoms with Gasteiger partial charge >= 0.3 is 6.16 Å². The van der Waals surface area contributed by atoms with Gasteiger partial charge in [0.25, 0.3) is 0 Å². The molecule has 1 spiro atoms. The fourth-order valence-corrected chi connectivity index (χ4v) is 5.59. The molecule has 2 unspecified atom stereocenters. The predicted molar refractivity (Wildman–Crippen MR) is 133 cm³/mol. The number of fused-ring (bicyclic) bond motifs is 2. The van der Waals surface area contributed by atoms with Crippen LogP contribution < -0.4 is 9.47 Å². The second kappa shape index (κ2) is 10.2. The first-order valence-corrected chi connectivity index (χ1v) is 13.1. The highest BCUT2D eigenvalue weighted by atomic mass is 16.7. The number of benzene rings is 1. The molecule has 2 aliphatic heterocycles. The molecule has 1 fully saturated rings. The number of ether oxygens (including phenoxy) is 3. The number of unbranched alkanes of at least 4 members (excludes halogenated alkanes) is 9. The van der Waals surface area contributed by atoms with Gasteiger partial charge in [-0.1, -0.05) is 89.0 Å². The normalized spacial score (nSPS) is 22.9. The number of carbonyl (C=O) groups is 1. The van der Waals surface area contributed by atoms with Crippen LogP contribution in [0.2, 0.25) is 0 Å².